The van der Waals surface area contributed by atoms with Crippen LogP contribution in [0, 0.1) is 0 Å². The smallest absolute Gasteiger partial charge is 0.285 e. The minimum atomic E-state index is -0.360. The third-order valence-electron chi connectivity index (χ3n) is 2.50. The number of nitrogens with one attached hydrogen (secondary N) is 3. The van der Waals surface area contributed by atoms with E-state index in [2.05, 4.69) is 20.8 Å². The molecule has 0 aromatic carbocycles. The van der Waals surface area contributed by atoms with Crippen LogP contribution in [0.5, 0.6) is 0 Å². The van der Waals surface area contributed by atoms with Gasteiger partial charge in [-0.1, -0.05) is 11.6 Å². The molecule has 1 aliphatic rings. The maximum atomic E-state index is 11.1. The fourth-order valence-electron chi connectivity index (χ4n) is 1.67. The van der Waals surface area contributed by atoms with Crippen LogP contribution in [0.15, 0.2) is 11.0 Å². The number of rotatable bonds is 3. The quantitative estimate of drug-likeness (QED) is 0.708. The van der Waals surface area contributed by atoms with Crippen molar-refractivity contribution in [3.05, 3.63) is 21.6 Å². The number of anilines is 1. The number of hydrogen-bond donors (Lipinski definition) is 3. The van der Waals surface area contributed by atoms with Gasteiger partial charge < -0.3 is 10.6 Å². The second-order valence-corrected chi connectivity index (χ2v) is 3.98. The molecule has 2 rings (SSSR count). The minimum absolute atomic E-state index is 0.169. The summed E-state index contributed by atoms with van der Waals surface area (Å²) in [6, 6.07) is 0.459. The highest BCUT2D eigenvalue weighted by Gasteiger charge is 2.14. The van der Waals surface area contributed by atoms with Gasteiger partial charge in [0.1, 0.15) is 5.02 Å². The minimum Gasteiger partial charge on any atom is -0.381 e. The number of H-pyrrole nitrogens is 1. The monoisotopic (exact) mass is 228 g/mol. The highest BCUT2D eigenvalue weighted by molar-refractivity contribution is 6.32. The van der Waals surface area contributed by atoms with Crippen LogP contribution in [0.2, 0.25) is 5.02 Å². The average molecular weight is 229 g/mol. The maximum Gasteiger partial charge on any atom is 0.285 e. The normalized spacial score (nSPS) is 20.5. The predicted octanol–water partition coefficient (Wildman–Crippen LogP) is 0.587. The molecule has 0 bridgehead atoms. The van der Waals surface area contributed by atoms with Crippen molar-refractivity contribution in [2.24, 2.45) is 0 Å². The lowest BCUT2D eigenvalue weighted by molar-refractivity contribution is 0.633. The Morgan fingerprint density at radius 2 is 2.53 bits per heavy atom. The van der Waals surface area contributed by atoms with Crippen molar-refractivity contribution in [2.45, 2.75) is 18.9 Å². The van der Waals surface area contributed by atoms with Crippen LogP contribution in [0.25, 0.3) is 0 Å². The van der Waals surface area contributed by atoms with Crippen LogP contribution < -0.4 is 16.2 Å². The topological polar surface area (TPSA) is 69.8 Å². The molecule has 0 radical (unpaired) electrons. The van der Waals surface area contributed by atoms with E-state index < -0.39 is 0 Å². The molecule has 6 heteroatoms. The van der Waals surface area contributed by atoms with E-state index in [1.54, 1.807) is 0 Å². The first-order valence-electron chi connectivity index (χ1n) is 4.98. The SMILES string of the molecule is O=c1[nH]ncc(NCC2CCCN2)c1Cl. The van der Waals surface area contributed by atoms with E-state index in [1.807, 2.05) is 0 Å². The highest BCUT2D eigenvalue weighted by Crippen LogP contribution is 2.15. The largest absolute Gasteiger partial charge is 0.381 e. The van der Waals surface area contributed by atoms with E-state index in [-0.39, 0.29) is 10.6 Å². The Morgan fingerprint density at radius 1 is 1.67 bits per heavy atom. The zero-order valence-corrected chi connectivity index (χ0v) is 8.97. The number of halogens is 1. The van der Waals surface area contributed by atoms with Crippen molar-refractivity contribution in [1.82, 2.24) is 15.5 Å². The van der Waals surface area contributed by atoms with Gasteiger partial charge in [0.05, 0.1) is 11.9 Å². The van der Waals surface area contributed by atoms with E-state index in [0.29, 0.717) is 11.7 Å². The van der Waals surface area contributed by atoms with Crippen LogP contribution in [-0.2, 0) is 0 Å². The first kappa shape index (κ1) is 10.4. The summed E-state index contributed by atoms with van der Waals surface area (Å²) >= 11 is 5.81. The molecule has 0 saturated carbocycles. The molecule has 1 saturated heterocycles. The fourth-order valence-corrected chi connectivity index (χ4v) is 1.83. The third kappa shape index (κ3) is 2.49. The van der Waals surface area contributed by atoms with E-state index >= 15 is 0 Å². The molecule has 0 aliphatic carbocycles. The van der Waals surface area contributed by atoms with Gasteiger partial charge in [-0.25, -0.2) is 5.10 Å². The van der Waals surface area contributed by atoms with Gasteiger partial charge >= 0.3 is 0 Å². The summed E-state index contributed by atoms with van der Waals surface area (Å²) in [7, 11) is 0. The van der Waals surface area contributed by atoms with Crippen LogP contribution in [0.3, 0.4) is 0 Å². The second kappa shape index (κ2) is 4.63. The average Bonchev–Trinajstić information content (AvgIpc) is 2.73. The molecule has 2 heterocycles. The Morgan fingerprint density at radius 3 is 3.27 bits per heavy atom. The Balaban J connectivity index is 1.98. The molecule has 82 valence electrons. The molecule has 0 amide bonds. The van der Waals surface area contributed by atoms with Crippen molar-refractivity contribution < 1.29 is 0 Å². The summed E-state index contributed by atoms with van der Waals surface area (Å²) in [5.74, 6) is 0. The lowest BCUT2D eigenvalue weighted by atomic mass is 10.2. The second-order valence-electron chi connectivity index (χ2n) is 3.60. The lowest BCUT2D eigenvalue weighted by Crippen LogP contribution is -2.29. The standard InChI is InChI=1S/C9H13ClN4O/c10-8-7(5-13-14-9(8)15)12-4-6-2-1-3-11-6/h5-6,11H,1-4H2,(H2,12,14,15). The molecule has 5 nitrogen and oxygen atoms in total. The van der Waals surface area contributed by atoms with E-state index in [4.69, 9.17) is 11.6 Å². The summed E-state index contributed by atoms with van der Waals surface area (Å²) in [5, 5.41) is 12.6. The van der Waals surface area contributed by atoms with Crippen molar-refractivity contribution in [3.8, 4) is 0 Å². The summed E-state index contributed by atoms with van der Waals surface area (Å²) in [5.41, 5.74) is 0.232. The van der Waals surface area contributed by atoms with Crippen molar-refractivity contribution in [3.63, 3.8) is 0 Å². The fraction of sp³-hybridized carbons (Fsp3) is 0.556. The molecule has 1 aromatic heterocycles. The molecule has 15 heavy (non-hydrogen) atoms. The molecule has 0 spiro atoms. The number of nitrogens with zero attached hydrogens (tertiary/aromatic N) is 1. The summed E-state index contributed by atoms with van der Waals surface area (Å²) < 4.78 is 0. The number of aromatic nitrogens is 2. The molecule has 1 atom stereocenters. The van der Waals surface area contributed by atoms with Gasteiger partial charge in [-0.3, -0.25) is 4.79 Å². The molecule has 1 unspecified atom stereocenters. The van der Waals surface area contributed by atoms with Gasteiger partial charge in [0.25, 0.3) is 5.56 Å². The summed E-state index contributed by atoms with van der Waals surface area (Å²) in [6.45, 7) is 1.83. The van der Waals surface area contributed by atoms with Crippen LogP contribution in [-0.4, -0.2) is 29.3 Å². The van der Waals surface area contributed by atoms with Gasteiger partial charge in [0, 0.05) is 12.6 Å². The van der Waals surface area contributed by atoms with Crippen LogP contribution in [0.1, 0.15) is 12.8 Å². The first-order valence-corrected chi connectivity index (χ1v) is 5.35. The van der Waals surface area contributed by atoms with Gasteiger partial charge in [-0.15, -0.1) is 0 Å². The van der Waals surface area contributed by atoms with Crippen molar-refractivity contribution >= 4 is 17.3 Å². The van der Waals surface area contributed by atoms with Gasteiger partial charge in [0.2, 0.25) is 0 Å². The Hall–Kier alpha value is -1.07. The van der Waals surface area contributed by atoms with E-state index in [0.717, 1.165) is 19.5 Å². The maximum absolute atomic E-state index is 11.1. The molecule has 1 fully saturated rings. The van der Waals surface area contributed by atoms with Gasteiger partial charge in [-0.2, -0.15) is 5.10 Å². The molecule has 3 N–H and O–H groups in total. The lowest BCUT2D eigenvalue weighted by Gasteiger charge is -2.12. The molecule has 1 aromatic rings. The zero-order chi connectivity index (χ0) is 10.7. The van der Waals surface area contributed by atoms with Crippen molar-refractivity contribution in [2.75, 3.05) is 18.4 Å². The molecular formula is C9H13ClN4O. The molecule has 1 aliphatic heterocycles. The highest BCUT2D eigenvalue weighted by atomic mass is 35.5. The van der Waals surface area contributed by atoms with Gasteiger partial charge in [0.15, 0.2) is 0 Å². The predicted molar refractivity (Wildman–Crippen MR) is 59.4 cm³/mol. The van der Waals surface area contributed by atoms with Crippen molar-refractivity contribution in [1.29, 1.82) is 0 Å². The number of aromatic amines is 1. The summed E-state index contributed by atoms with van der Waals surface area (Å²) in [4.78, 5) is 11.1. The Labute approximate surface area is 92.2 Å². The zero-order valence-electron chi connectivity index (χ0n) is 8.22. The Kier molecular flexibility index (Phi) is 3.23. The number of hydrogen-bond acceptors (Lipinski definition) is 4. The molecular weight excluding hydrogens is 216 g/mol. The van der Waals surface area contributed by atoms with E-state index in [9.17, 15) is 4.79 Å². The first-order chi connectivity index (χ1) is 7.27. The third-order valence-corrected chi connectivity index (χ3v) is 2.87. The van der Waals surface area contributed by atoms with E-state index in [1.165, 1.54) is 12.6 Å². The van der Waals surface area contributed by atoms with Crippen LogP contribution in [0.4, 0.5) is 5.69 Å². The summed E-state index contributed by atoms with van der Waals surface area (Å²) in [6.07, 6.45) is 3.88. The van der Waals surface area contributed by atoms with Crippen LogP contribution >= 0.6 is 11.6 Å². The van der Waals surface area contributed by atoms with Gasteiger partial charge in [-0.05, 0) is 19.4 Å². The Bertz CT molecular complexity index is 386.